The highest BCUT2D eigenvalue weighted by atomic mass is 15.1. The van der Waals surface area contributed by atoms with E-state index >= 15 is 0 Å². The van der Waals surface area contributed by atoms with Crippen LogP contribution in [0.15, 0.2) is 11.6 Å². The zero-order valence-electron chi connectivity index (χ0n) is 6.30. The quantitative estimate of drug-likeness (QED) is 0.467. The molecule has 0 aromatic rings. The van der Waals surface area contributed by atoms with Crippen LogP contribution in [0.1, 0.15) is 12.8 Å². The average molecular weight is 136 g/mol. The van der Waals surface area contributed by atoms with Gasteiger partial charge in [-0.25, -0.2) is 0 Å². The van der Waals surface area contributed by atoms with Gasteiger partial charge in [0.25, 0.3) is 0 Å². The Morgan fingerprint density at radius 2 is 2.10 bits per heavy atom. The molecule has 1 aliphatic rings. The van der Waals surface area contributed by atoms with Gasteiger partial charge < -0.3 is 4.90 Å². The van der Waals surface area contributed by atoms with E-state index in [0.717, 1.165) is 25.9 Å². The van der Waals surface area contributed by atoms with Crippen molar-refractivity contribution in [2.24, 2.45) is 0 Å². The lowest BCUT2D eigenvalue weighted by molar-refractivity contribution is 0.312. The molecule has 1 aliphatic heterocycles. The molecule has 0 saturated carbocycles. The van der Waals surface area contributed by atoms with Crippen molar-refractivity contribution in [3.05, 3.63) is 11.6 Å². The second-order valence-electron chi connectivity index (χ2n) is 2.73. The van der Waals surface area contributed by atoms with Gasteiger partial charge in [-0.2, -0.15) is 5.26 Å². The van der Waals surface area contributed by atoms with E-state index in [2.05, 4.69) is 18.0 Å². The second kappa shape index (κ2) is 3.38. The molecule has 54 valence electrons. The molecule has 1 heterocycles. The Morgan fingerprint density at radius 1 is 1.50 bits per heavy atom. The summed E-state index contributed by atoms with van der Waals surface area (Å²) in [4.78, 5) is 2.29. The predicted octanol–water partition coefficient (Wildman–Crippen LogP) is 1.16. The van der Waals surface area contributed by atoms with Crippen LogP contribution in [0, 0.1) is 11.3 Å². The number of nitriles is 1. The summed E-state index contributed by atoms with van der Waals surface area (Å²) in [5.41, 5.74) is 1.31. The van der Waals surface area contributed by atoms with Gasteiger partial charge in [0.1, 0.15) is 0 Å². The molecule has 0 atom stereocenters. The summed E-state index contributed by atoms with van der Waals surface area (Å²) in [6.07, 6.45) is 3.83. The molecule has 1 fully saturated rings. The molecule has 0 aliphatic carbocycles. The maximum Gasteiger partial charge on any atom is 0.0911 e. The van der Waals surface area contributed by atoms with E-state index in [0.29, 0.717) is 0 Å². The van der Waals surface area contributed by atoms with Crippen LogP contribution in [0.5, 0.6) is 0 Å². The van der Waals surface area contributed by atoms with E-state index in [4.69, 9.17) is 5.26 Å². The summed E-state index contributed by atoms with van der Waals surface area (Å²) in [5, 5.41) is 8.34. The third-order valence-electron chi connectivity index (χ3n) is 1.90. The summed E-state index contributed by atoms with van der Waals surface area (Å²) in [6, 6.07) is 2.07. The SMILES string of the molecule is CN1CCC(=CC#N)CC1. The first-order chi connectivity index (χ1) is 4.83. The third-order valence-corrected chi connectivity index (χ3v) is 1.90. The summed E-state index contributed by atoms with van der Waals surface area (Å²) in [6.45, 7) is 2.21. The Hall–Kier alpha value is -0.810. The van der Waals surface area contributed by atoms with Crippen LogP contribution in [-0.2, 0) is 0 Å². The van der Waals surface area contributed by atoms with Crippen molar-refractivity contribution in [1.29, 1.82) is 5.26 Å². The fraction of sp³-hybridized carbons (Fsp3) is 0.625. The fourth-order valence-electron chi connectivity index (χ4n) is 1.14. The number of allylic oxidation sites excluding steroid dienone is 1. The highest BCUT2D eigenvalue weighted by Gasteiger charge is 2.08. The molecule has 0 N–H and O–H groups in total. The molecule has 0 bridgehead atoms. The Bertz CT molecular complexity index is 166. The van der Waals surface area contributed by atoms with Gasteiger partial charge in [-0.15, -0.1) is 0 Å². The Labute approximate surface area is 61.8 Å². The zero-order valence-corrected chi connectivity index (χ0v) is 6.30. The smallest absolute Gasteiger partial charge is 0.0911 e. The lowest BCUT2D eigenvalue weighted by Crippen LogP contribution is -2.26. The molecule has 0 radical (unpaired) electrons. The van der Waals surface area contributed by atoms with Crippen molar-refractivity contribution in [2.75, 3.05) is 20.1 Å². The first kappa shape index (κ1) is 7.30. The van der Waals surface area contributed by atoms with Crippen molar-refractivity contribution < 1.29 is 0 Å². The maximum absolute atomic E-state index is 8.34. The third kappa shape index (κ3) is 1.85. The summed E-state index contributed by atoms with van der Waals surface area (Å²) in [5.74, 6) is 0. The van der Waals surface area contributed by atoms with Gasteiger partial charge in [-0.05, 0) is 19.9 Å². The van der Waals surface area contributed by atoms with Crippen LogP contribution in [0.25, 0.3) is 0 Å². The average Bonchev–Trinajstić information content (AvgIpc) is 1.95. The van der Waals surface area contributed by atoms with E-state index in [1.165, 1.54) is 5.57 Å². The highest BCUT2D eigenvalue weighted by molar-refractivity contribution is 5.15. The first-order valence-electron chi connectivity index (χ1n) is 3.59. The molecule has 0 amide bonds. The number of piperidine rings is 1. The second-order valence-corrected chi connectivity index (χ2v) is 2.73. The van der Waals surface area contributed by atoms with Gasteiger partial charge >= 0.3 is 0 Å². The van der Waals surface area contributed by atoms with E-state index in [-0.39, 0.29) is 0 Å². The molecule has 2 heteroatoms. The molecular formula is C8H12N2. The van der Waals surface area contributed by atoms with E-state index in [9.17, 15) is 0 Å². The van der Waals surface area contributed by atoms with Crippen molar-refractivity contribution in [2.45, 2.75) is 12.8 Å². The lowest BCUT2D eigenvalue weighted by Gasteiger charge is -2.23. The van der Waals surface area contributed by atoms with Crippen LogP contribution in [0.3, 0.4) is 0 Å². The Morgan fingerprint density at radius 3 is 2.60 bits per heavy atom. The van der Waals surface area contributed by atoms with Crippen molar-refractivity contribution in [1.82, 2.24) is 4.90 Å². The standard InChI is InChI=1S/C8H12N2/c1-10-6-3-8(2-5-9)4-7-10/h2H,3-4,6-7H2,1H3. The lowest BCUT2D eigenvalue weighted by atomic mass is 10.0. The molecule has 10 heavy (non-hydrogen) atoms. The number of rotatable bonds is 0. The minimum absolute atomic E-state index is 1.07. The van der Waals surface area contributed by atoms with Gasteiger partial charge in [0.15, 0.2) is 0 Å². The van der Waals surface area contributed by atoms with Crippen molar-refractivity contribution in [3.8, 4) is 6.07 Å². The summed E-state index contributed by atoms with van der Waals surface area (Å²) >= 11 is 0. The minimum atomic E-state index is 1.07. The number of hydrogen-bond donors (Lipinski definition) is 0. The van der Waals surface area contributed by atoms with Crippen LogP contribution in [-0.4, -0.2) is 25.0 Å². The fourth-order valence-corrected chi connectivity index (χ4v) is 1.14. The summed E-state index contributed by atoms with van der Waals surface area (Å²) in [7, 11) is 2.11. The molecule has 2 nitrogen and oxygen atoms in total. The van der Waals surface area contributed by atoms with Crippen molar-refractivity contribution in [3.63, 3.8) is 0 Å². The Kier molecular flexibility index (Phi) is 2.47. The van der Waals surface area contributed by atoms with Gasteiger partial charge in [0, 0.05) is 19.2 Å². The summed E-state index contributed by atoms with van der Waals surface area (Å²) < 4.78 is 0. The number of hydrogen-bond acceptors (Lipinski definition) is 2. The molecule has 0 spiro atoms. The molecule has 0 aromatic heterocycles. The van der Waals surface area contributed by atoms with Gasteiger partial charge in [-0.3, -0.25) is 0 Å². The molecule has 1 saturated heterocycles. The van der Waals surface area contributed by atoms with Gasteiger partial charge in [-0.1, -0.05) is 5.57 Å². The van der Waals surface area contributed by atoms with E-state index in [1.54, 1.807) is 6.08 Å². The van der Waals surface area contributed by atoms with Gasteiger partial charge in [0.05, 0.1) is 6.07 Å². The topological polar surface area (TPSA) is 27.0 Å². The molecular weight excluding hydrogens is 124 g/mol. The Balaban J connectivity index is 2.42. The van der Waals surface area contributed by atoms with Crippen molar-refractivity contribution >= 4 is 0 Å². The zero-order chi connectivity index (χ0) is 7.40. The monoisotopic (exact) mass is 136 g/mol. The van der Waals surface area contributed by atoms with Crippen LogP contribution >= 0.6 is 0 Å². The largest absolute Gasteiger partial charge is 0.306 e. The molecule has 0 unspecified atom stereocenters. The number of likely N-dealkylation sites (tertiary alicyclic amines) is 1. The van der Waals surface area contributed by atoms with Crippen LogP contribution in [0.4, 0.5) is 0 Å². The maximum atomic E-state index is 8.34. The minimum Gasteiger partial charge on any atom is -0.306 e. The normalized spacial score (nSPS) is 20.2. The highest BCUT2D eigenvalue weighted by Crippen LogP contribution is 2.13. The van der Waals surface area contributed by atoms with E-state index < -0.39 is 0 Å². The van der Waals surface area contributed by atoms with Crippen LogP contribution in [0.2, 0.25) is 0 Å². The predicted molar refractivity (Wildman–Crippen MR) is 40.4 cm³/mol. The van der Waals surface area contributed by atoms with E-state index in [1.807, 2.05) is 0 Å². The molecule has 0 aromatic carbocycles. The van der Waals surface area contributed by atoms with Crippen LogP contribution < -0.4 is 0 Å². The first-order valence-corrected chi connectivity index (χ1v) is 3.59. The van der Waals surface area contributed by atoms with Gasteiger partial charge in [0.2, 0.25) is 0 Å². The molecule has 1 rings (SSSR count). The number of nitrogens with zero attached hydrogens (tertiary/aromatic N) is 2.